The summed E-state index contributed by atoms with van der Waals surface area (Å²) in [4.78, 5) is 28.8. The Morgan fingerprint density at radius 3 is 2.84 bits per heavy atom. The normalized spacial score (nSPS) is 14.7. The summed E-state index contributed by atoms with van der Waals surface area (Å²) in [7, 11) is 1.54. The Bertz CT molecular complexity index is 804. The van der Waals surface area contributed by atoms with Crippen molar-refractivity contribution in [1.29, 1.82) is 0 Å². The summed E-state index contributed by atoms with van der Waals surface area (Å²) in [6.07, 6.45) is 2.26. The number of methoxy groups -OCH3 is 1. The molecule has 1 aliphatic heterocycles. The van der Waals surface area contributed by atoms with Crippen molar-refractivity contribution < 1.29 is 13.9 Å². The lowest BCUT2D eigenvalue weighted by molar-refractivity contribution is 0.152. The molecular formula is C18H20FN3O3. The first kappa shape index (κ1) is 17.2. The molecule has 0 fully saturated rings. The minimum atomic E-state index is -0.395. The Balaban J connectivity index is 1.73. The van der Waals surface area contributed by atoms with Crippen molar-refractivity contribution in [3.63, 3.8) is 0 Å². The third-order valence-corrected chi connectivity index (χ3v) is 4.35. The second kappa shape index (κ2) is 7.48. The predicted molar refractivity (Wildman–Crippen MR) is 90.7 cm³/mol. The van der Waals surface area contributed by atoms with Gasteiger partial charge in [0, 0.05) is 25.4 Å². The van der Waals surface area contributed by atoms with Crippen LogP contribution in [0.5, 0.6) is 0 Å². The Kier molecular flexibility index (Phi) is 5.14. The van der Waals surface area contributed by atoms with Gasteiger partial charge in [0.05, 0.1) is 19.2 Å². The summed E-state index contributed by atoms with van der Waals surface area (Å²) in [6.45, 7) is 1.06. The van der Waals surface area contributed by atoms with Crippen LogP contribution in [-0.4, -0.2) is 36.2 Å². The fourth-order valence-corrected chi connectivity index (χ4v) is 2.98. The van der Waals surface area contributed by atoms with E-state index in [1.807, 2.05) is 6.07 Å². The lowest BCUT2D eigenvalue weighted by Gasteiger charge is -2.30. The first-order chi connectivity index (χ1) is 12.1. The van der Waals surface area contributed by atoms with Crippen molar-refractivity contribution in [3.8, 4) is 0 Å². The van der Waals surface area contributed by atoms with Crippen LogP contribution in [0.1, 0.15) is 22.7 Å². The van der Waals surface area contributed by atoms with Gasteiger partial charge in [0.1, 0.15) is 5.82 Å². The van der Waals surface area contributed by atoms with Crippen LogP contribution in [0.3, 0.4) is 0 Å². The first-order valence-electron chi connectivity index (χ1n) is 8.07. The lowest BCUT2D eigenvalue weighted by atomic mass is 10.0. The second-order valence-electron chi connectivity index (χ2n) is 5.99. The van der Waals surface area contributed by atoms with E-state index in [4.69, 9.17) is 4.74 Å². The number of carbonyl (C=O) groups is 1. The zero-order chi connectivity index (χ0) is 17.8. The molecule has 0 spiro atoms. The highest BCUT2D eigenvalue weighted by molar-refractivity contribution is 5.75. The molecule has 0 saturated carbocycles. The van der Waals surface area contributed by atoms with Gasteiger partial charge in [-0.1, -0.05) is 12.1 Å². The van der Waals surface area contributed by atoms with Crippen LogP contribution >= 0.6 is 0 Å². The third kappa shape index (κ3) is 3.88. The molecule has 2 aromatic rings. The van der Waals surface area contributed by atoms with E-state index >= 15 is 0 Å². The molecule has 0 unspecified atom stereocenters. The van der Waals surface area contributed by atoms with Crippen molar-refractivity contribution in [2.75, 3.05) is 20.3 Å². The number of amides is 2. The summed E-state index contributed by atoms with van der Waals surface area (Å²) in [5, 5.41) is 2.90. The number of nitrogens with one attached hydrogen (secondary N) is 2. The van der Waals surface area contributed by atoms with E-state index in [0.29, 0.717) is 18.5 Å². The number of aromatic nitrogens is 1. The summed E-state index contributed by atoms with van der Waals surface area (Å²) < 4.78 is 18.3. The van der Waals surface area contributed by atoms with Crippen LogP contribution < -0.4 is 10.9 Å². The average Bonchev–Trinajstić information content (AvgIpc) is 2.62. The van der Waals surface area contributed by atoms with Crippen molar-refractivity contribution in [1.82, 2.24) is 15.2 Å². The minimum absolute atomic E-state index is 0.165. The molecule has 6 nitrogen and oxygen atoms in total. The summed E-state index contributed by atoms with van der Waals surface area (Å²) in [6, 6.07) is 7.14. The van der Waals surface area contributed by atoms with Crippen LogP contribution in [-0.2, 0) is 17.7 Å². The molecule has 1 aliphatic rings. The number of rotatable bonds is 4. The van der Waals surface area contributed by atoms with Gasteiger partial charge >= 0.3 is 6.03 Å². The van der Waals surface area contributed by atoms with Crippen LogP contribution in [0.15, 0.2) is 41.3 Å². The molecule has 7 heteroatoms. The molecule has 0 aliphatic carbocycles. The molecule has 0 radical (unpaired) electrons. The number of fused-ring (bicyclic) bond motifs is 1. The number of hydrogen-bond acceptors (Lipinski definition) is 3. The van der Waals surface area contributed by atoms with Gasteiger partial charge in [-0.25, -0.2) is 9.18 Å². The molecule has 1 aromatic carbocycles. The number of benzene rings is 1. The van der Waals surface area contributed by atoms with Crippen LogP contribution in [0.25, 0.3) is 0 Å². The molecule has 2 heterocycles. The van der Waals surface area contributed by atoms with Crippen LogP contribution in [0.4, 0.5) is 9.18 Å². The smallest absolute Gasteiger partial charge is 0.318 e. The molecule has 3 rings (SSSR count). The van der Waals surface area contributed by atoms with E-state index < -0.39 is 6.04 Å². The fourth-order valence-electron chi connectivity index (χ4n) is 2.98. The number of H-pyrrole nitrogens is 1. The average molecular weight is 345 g/mol. The van der Waals surface area contributed by atoms with Crippen molar-refractivity contribution in [2.24, 2.45) is 0 Å². The molecule has 0 bridgehead atoms. The molecule has 1 aromatic heterocycles. The Labute approximate surface area is 144 Å². The zero-order valence-corrected chi connectivity index (χ0v) is 13.9. The maximum absolute atomic E-state index is 13.1. The topological polar surface area (TPSA) is 74.4 Å². The Hall–Kier alpha value is -2.67. The monoisotopic (exact) mass is 345 g/mol. The van der Waals surface area contributed by atoms with E-state index in [9.17, 15) is 14.0 Å². The predicted octanol–water partition coefficient (Wildman–Crippen LogP) is 1.97. The van der Waals surface area contributed by atoms with Gasteiger partial charge in [0.2, 0.25) is 0 Å². The van der Waals surface area contributed by atoms with Gasteiger partial charge < -0.3 is 19.9 Å². The van der Waals surface area contributed by atoms with E-state index in [-0.39, 0.29) is 30.6 Å². The molecule has 132 valence electrons. The highest BCUT2D eigenvalue weighted by Gasteiger charge is 2.24. The summed E-state index contributed by atoms with van der Waals surface area (Å²) in [5.74, 6) is -0.335. The molecular weight excluding hydrogens is 325 g/mol. The largest absolute Gasteiger partial charge is 0.382 e. The fraction of sp³-hybridized carbons (Fsp3) is 0.333. The number of urea groups is 1. The lowest BCUT2D eigenvalue weighted by Crippen LogP contribution is -2.46. The first-order valence-corrected chi connectivity index (χ1v) is 8.07. The minimum Gasteiger partial charge on any atom is -0.382 e. The second-order valence-corrected chi connectivity index (χ2v) is 5.99. The number of hydrogen-bond donors (Lipinski definition) is 2. The molecule has 25 heavy (non-hydrogen) atoms. The molecule has 1 atom stereocenters. The number of aromatic amines is 1. The van der Waals surface area contributed by atoms with Gasteiger partial charge in [-0.15, -0.1) is 0 Å². The van der Waals surface area contributed by atoms with Crippen LogP contribution in [0, 0.1) is 5.82 Å². The van der Waals surface area contributed by atoms with Gasteiger partial charge in [-0.2, -0.15) is 0 Å². The van der Waals surface area contributed by atoms with Gasteiger partial charge in [-0.3, -0.25) is 4.79 Å². The summed E-state index contributed by atoms with van der Waals surface area (Å²) >= 11 is 0. The van der Waals surface area contributed by atoms with E-state index in [2.05, 4.69) is 10.3 Å². The van der Waals surface area contributed by atoms with Crippen molar-refractivity contribution >= 4 is 6.03 Å². The summed E-state index contributed by atoms with van der Waals surface area (Å²) in [5.41, 5.74) is 2.18. The quantitative estimate of drug-likeness (QED) is 0.890. The van der Waals surface area contributed by atoms with Crippen molar-refractivity contribution in [3.05, 3.63) is 69.4 Å². The molecule has 2 N–H and O–H groups in total. The SMILES string of the molecule is COC[C@@H](NC(=O)N1CCc2cc[nH]c(=O)c2C1)c1ccc(F)cc1. The maximum Gasteiger partial charge on any atom is 0.318 e. The van der Waals surface area contributed by atoms with Crippen molar-refractivity contribution in [2.45, 2.75) is 19.0 Å². The molecule has 2 amide bonds. The number of pyridine rings is 1. The Morgan fingerprint density at radius 2 is 2.12 bits per heavy atom. The third-order valence-electron chi connectivity index (χ3n) is 4.35. The van der Waals surface area contributed by atoms with Gasteiger partial charge in [-0.05, 0) is 35.7 Å². The highest BCUT2D eigenvalue weighted by atomic mass is 19.1. The Morgan fingerprint density at radius 1 is 1.36 bits per heavy atom. The van der Waals surface area contributed by atoms with Crippen LogP contribution in [0.2, 0.25) is 0 Å². The van der Waals surface area contributed by atoms with E-state index in [0.717, 1.165) is 11.1 Å². The molecule has 0 saturated heterocycles. The number of nitrogens with zero attached hydrogens (tertiary/aromatic N) is 1. The number of ether oxygens (including phenoxy) is 1. The standard InChI is InChI=1S/C18H20FN3O3/c1-25-11-16(13-2-4-14(19)5-3-13)21-18(24)22-9-7-12-6-8-20-17(23)15(12)10-22/h2-6,8,16H,7,9-11H2,1H3,(H,20,23)(H,21,24)/t16-/m1/s1. The maximum atomic E-state index is 13.1. The van der Waals surface area contributed by atoms with E-state index in [1.165, 1.54) is 12.1 Å². The van der Waals surface area contributed by atoms with Gasteiger partial charge in [0.25, 0.3) is 5.56 Å². The number of carbonyl (C=O) groups excluding carboxylic acids is 1. The van der Waals surface area contributed by atoms with Gasteiger partial charge in [0.15, 0.2) is 0 Å². The van der Waals surface area contributed by atoms with E-state index in [1.54, 1.807) is 30.3 Å². The number of halogens is 1. The zero-order valence-electron chi connectivity index (χ0n) is 13.9. The highest BCUT2D eigenvalue weighted by Crippen LogP contribution is 2.18.